The van der Waals surface area contributed by atoms with Crippen molar-refractivity contribution < 1.29 is 0 Å². The number of piperidine rings is 1. The summed E-state index contributed by atoms with van der Waals surface area (Å²) in [7, 11) is 4.29. The van der Waals surface area contributed by atoms with Gasteiger partial charge in [-0.2, -0.15) is 0 Å². The monoisotopic (exact) mass is 198 g/mol. The normalized spacial score (nSPS) is 21.9. The summed E-state index contributed by atoms with van der Waals surface area (Å²) in [6.07, 6.45) is 4.12. The molecule has 14 heavy (non-hydrogen) atoms. The van der Waals surface area contributed by atoms with Gasteiger partial charge in [-0.25, -0.2) is 10.0 Å². The minimum absolute atomic E-state index is 0.505. The second-order valence-electron chi connectivity index (χ2n) is 6.01. The van der Waals surface area contributed by atoms with Gasteiger partial charge in [0.15, 0.2) is 0 Å². The maximum absolute atomic E-state index is 2.44. The van der Waals surface area contributed by atoms with Gasteiger partial charge in [0.1, 0.15) is 0 Å². The first-order valence-electron chi connectivity index (χ1n) is 5.81. The Morgan fingerprint density at radius 3 is 2.00 bits per heavy atom. The highest BCUT2D eigenvalue weighted by atomic mass is 15.6. The third-order valence-electron chi connectivity index (χ3n) is 3.06. The lowest BCUT2D eigenvalue weighted by molar-refractivity contribution is -0.0113. The lowest BCUT2D eigenvalue weighted by Gasteiger charge is -2.37. The molecule has 1 fully saturated rings. The van der Waals surface area contributed by atoms with Gasteiger partial charge in [-0.05, 0) is 30.6 Å². The lowest BCUT2D eigenvalue weighted by Crippen LogP contribution is -2.43. The zero-order valence-corrected chi connectivity index (χ0v) is 10.5. The zero-order chi connectivity index (χ0) is 10.8. The average Bonchev–Trinajstić information content (AvgIpc) is 2.02. The number of hydrazine groups is 1. The van der Waals surface area contributed by atoms with Crippen LogP contribution in [0.2, 0.25) is 0 Å². The molecule has 0 aromatic rings. The molecular formula is C12H26N2. The molecule has 1 saturated heterocycles. The van der Waals surface area contributed by atoms with Crippen LogP contribution in [0.5, 0.6) is 0 Å². The molecule has 0 aromatic heterocycles. The molecule has 0 unspecified atom stereocenters. The van der Waals surface area contributed by atoms with Crippen molar-refractivity contribution in [2.45, 2.75) is 40.0 Å². The van der Waals surface area contributed by atoms with Crippen molar-refractivity contribution in [3.63, 3.8) is 0 Å². The summed E-state index contributed by atoms with van der Waals surface area (Å²) < 4.78 is 0. The second kappa shape index (κ2) is 4.63. The molecule has 1 aliphatic heterocycles. The van der Waals surface area contributed by atoms with Crippen LogP contribution in [-0.2, 0) is 0 Å². The van der Waals surface area contributed by atoms with E-state index in [1.165, 1.54) is 32.4 Å². The first-order chi connectivity index (χ1) is 6.38. The van der Waals surface area contributed by atoms with E-state index in [1.807, 2.05) is 0 Å². The Kier molecular flexibility index (Phi) is 3.96. The van der Waals surface area contributed by atoms with E-state index in [4.69, 9.17) is 0 Å². The van der Waals surface area contributed by atoms with E-state index in [0.717, 1.165) is 5.92 Å². The molecular weight excluding hydrogens is 172 g/mol. The second-order valence-corrected chi connectivity index (χ2v) is 6.01. The molecule has 0 aromatic carbocycles. The Labute approximate surface area is 89.2 Å². The van der Waals surface area contributed by atoms with E-state index >= 15 is 0 Å². The van der Waals surface area contributed by atoms with E-state index < -0.39 is 0 Å². The lowest BCUT2D eigenvalue weighted by atomic mass is 9.80. The van der Waals surface area contributed by atoms with Crippen LogP contribution >= 0.6 is 0 Å². The maximum Gasteiger partial charge on any atom is 0.0135 e. The quantitative estimate of drug-likeness (QED) is 0.673. The predicted octanol–water partition coefficient (Wildman–Crippen LogP) is 2.61. The fourth-order valence-corrected chi connectivity index (χ4v) is 2.39. The summed E-state index contributed by atoms with van der Waals surface area (Å²) in [5.41, 5.74) is 0.505. The molecule has 1 heterocycles. The fourth-order valence-electron chi connectivity index (χ4n) is 2.39. The van der Waals surface area contributed by atoms with Crippen molar-refractivity contribution >= 4 is 0 Å². The maximum atomic E-state index is 2.44. The van der Waals surface area contributed by atoms with Crippen molar-refractivity contribution in [2.24, 2.45) is 11.3 Å². The summed E-state index contributed by atoms with van der Waals surface area (Å²) in [5, 5.41) is 4.67. The zero-order valence-electron chi connectivity index (χ0n) is 10.5. The Bertz CT molecular complexity index is 162. The van der Waals surface area contributed by atoms with Crippen LogP contribution in [0.1, 0.15) is 40.0 Å². The van der Waals surface area contributed by atoms with E-state index in [2.05, 4.69) is 44.9 Å². The summed E-state index contributed by atoms with van der Waals surface area (Å²) in [6, 6.07) is 0. The van der Waals surface area contributed by atoms with Crippen molar-refractivity contribution in [3.05, 3.63) is 0 Å². The number of hydrogen-bond donors (Lipinski definition) is 0. The summed E-state index contributed by atoms with van der Waals surface area (Å²) in [5.74, 6) is 0.950. The molecule has 1 rings (SSSR count). The summed E-state index contributed by atoms with van der Waals surface area (Å²) in [4.78, 5) is 0. The van der Waals surface area contributed by atoms with Gasteiger partial charge in [-0.15, -0.1) is 0 Å². The molecule has 84 valence electrons. The number of nitrogens with zero attached hydrogens (tertiary/aromatic N) is 2. The highest BCUT2D eigenvalue weighted by molar-refractivity contribution is 4.75. The van der Waals surface area contributed by atoms with Crippen LogP contribution in [0, 0.1) is 11.3 Å². The molecule has 0 N–H and O–H groups in total. The van der Waals surface area contributed by atoms with E-state index in [9.17, 15) is 0 Å². The molecule has 0 radical (unpaired) electrons. The number of rotatable bonds is 2. The highest BCUT2D eigenvalue weighted by Crippen LogP contribution is 2.30. The van der Waals surface area contributed by atoms with Crippen LogP contribution in [0.25, 0.3) is 0 Å². The molecule has 0 saturated carbocycles. The summed E-state index contributed by atoms with van der Waals surface area (Å²) >= 11 is 0. The van der Waals surface area contributed by atoms with Crippen molar-refractivity contribution in [1.29, 1.82) is 0 Å². The summed E-state index contributed by atoms with van der Waals surface area (Å²) in [6.45, 7) is 9.55. The van der Waals surface area contributed by atoms with Gasteiger partial charge in [-0.1, -0.05) is 20.8 Å². The van der Waals surface area contributed by atoms with Gasteiger partial charge < -0.3 is 0 Å². The first kappa shape index (κ1) is 12.0. The van der Waals surface area contributed by atoms with Crippen molar-refractivity contribution in [2.75, 3.05) is 27.2 Å². The Balaban J connectivity index is 2.29. The van der Waals surface area contributed by atoms with Crippen LogP contribution in [0.15, 0.2) is 0 Å². The van der Waals surface area contributed by atoms with Gasteiger partial charge in [-0.3, -0.25) is 0 Å². The minimum Gasteiger partial charge on any atom is -0.248 e. The van der Waals surface area contributed by atoms with Crippen LogP contribution in [-0.4, -0.2) is 37.2 Å². The molecule has 2 nitrogen and oxygen atoms in total. The molecule has 1 aliphatic rings. The Hall–Kier alpha value is -0.0800. The Morgan fingerprint density at radius 2 is 1.64 bits per heavy atom. The molecule has 0 atom stereocenters. The SMILES string of the molecule is CN(C)N1CCC(CC(C)(C)C)CC1. The first-order valence-corrected chi connectivity index (χ1v) is 5.81. The largest absolute Gasteiger partial charge is 0.248 e. The van der Waals surface area contributed by atoms with Gasteiger partial charge in [0.25, 0.3) is 0 Å². The minimum atomic E-state index is 0.505. The molecule has 0 spiro atoms. The molecule has 0 bridgehead atoms. The highest BCUT2D eigenvalue weighted by Gasteiger charge is 2.24. The smallest absolute Gasteiger partial charge is 0.0135 e. The van der Waals surface area contributed by atoms with Gasteiger partial charge in [0.2, 0.25) is 0 Å². The molecule has 2 heteroatoms. The predicted molar refractivity (Wildman–Crippen MR) is 62.1 cm³/mol. The van der Waals surface area contributed by atoms with Gasteiger partial charge in [0, 0.05) is 27.2 Å². The van der Waals surface area contributed by atoms with Crippen LogP contribution in [0.4, 0.5) is 0 Å². The van der Waals surface area contributed by atoms with E-state index in [0.29, 0.717) is 5.41 Å². The fraction of sp³-hybridized carbons (Fsp3) is 1.00. The van der Waals surface area contributed by atoms with E-state index in [1.54, 1.807) is 0 Å². The van der Waals surface area contributed by atoms with Gasteiger partial charge in [0.05, 0.1) is 0 Å². The van der Waals surface area contributed by atoms with Gasteiger partial charge >= 0.3 is 0 Å². The molecule has 0 amide bonds. The van der Waals surface area contributed by atoms with Crippen molar-refractivity contribution in [3.8, 4) is 0 Å². The number of hydrogen-bond acceptors (Lipinski definition) is 2. The third-order valence-corrected chi connectivity index (χ3v) is 3.06. The van der Waals surface area contributed by atoms with Crippen LogP contribution in [0.3, 0.4) is 0 Å². The third kappa shape index (κ3) is 3.97. The average molecular weight is 198 g/mol. The topological polar surface area (TPSA) is 6.48 Å². The Morgan fingerprint density at radius 1 is 1.14 bits per heavy atom. The van der Waals surface area contributed by atoms with Crippen molar-refractivity contribution in [1.82, 2.24) is 10.0 Å². The standard InChI is InChI=1S/C12H26N2/c1-12(2,3)10-11-6-8-14(9-7-11)13(4)5/h11H,6-10H2,1-5H3. The molecule has 0 aliphatic carbocycles. The van der Waals surface area contributed by atoms with E-state index in [-0.39, 0.29) is 0 Å². The van der Waals surface area contributed by atoms with Crippen LogP contribution < -0.4 is 0 Å².